The van der Waals surface area contributed by atoms with Crippen LogP contribution in [0.2, 0.25) is 0 Å². The lowest BCUT2D eigenvalue weighted by Crippen LogP contribution is -3.15. The lowest BCUT2D eigenvalue weighted by molar-refractivity contribution is -0.927. The molecule has 0 spiro atoms. The maximum absolute atomic E-state index is 5.60. The molecule has 162 valence electrons. The van der Waals surface area contributed by atoms with Crippen molar-refractivity contribution in [3.8, 4) is 5.75 Å². The Morgan fingerprint density at radius 2 is 1.68 bits per heavy atom. The first-order valence-electron chi connectivity index (χ1n) is 11.4. The zero-order valence-electron chi connectivity index (χ0n) is 18.2. The van der Waals surface area contributed by atoms with E-state index in [4.69, 9.17) is 4.74 Å². The molecule has 1 atom stereocenters. The zero-order valence-corrected chi connectivity index (χ0v) is 18.2. The number of benzene rings is 2. The van der Waals surface area contributed by atoms with Gasteiger partial charge in [-0.15, -0.1) is 5.10 Å². The van der Waals surface area contributed by atoms with Crippen molar-refractivity contribution in [2.75, 3.05) is 38.2 Å². The number of ether oxygens (including phenoxy) is 1. The number of nitrogens with one attached hydrogen (secondary N) is 1. The van der Waals surface area contributed by atoms with Crippen LogP contribution in [0.5, 0.6) is 5.75 Å². The van der Waals surface area contributed by atoms with Crippen LogP contribution in [-0.2, 0) is 0 Å². The number of piperazine rings is 1. The van der Waals surface area contributed by atoms with E-state index in [0.29, 0.717) is 6.04 Å². The normalized spacial score (nSPS) is 18.9. The Morgan fingerprint density at radius 1 is 0.968 bits per heavy atom. The van der Waals surface area contributed by atoms with Gasteiger partial charge in [0.05, 0.1) is 45.0 Å². The van der Waals surface area contributed by atoms with Gasteiger partial charge >= 0.3 is 0 Å². The molecule has 1 saturated carbocycles. The molecule has 0 unspecified atom stereocenters. The van der Waals surface area contributed by atoms with Gasteiger partial charge in [0, 0.05) is 5.56 Å². The van der Waals surface area contributed by atoms with Crippen molar-refractivity contribution >= 4 is 5.69 Å². The zero-order chi connectivity index (χ0) is 21.0. The number of hydrogen-bond acceptors (Lipinski definition) is 5. The monoisotopic (exact) mass is 419 g/mol. The number of anilines is 1. The molecule has 1 N–H and O–H groups in total. The van der Waals surface area contributed by atoms with Crippen molar-refractivity contribution < 1.29 is 9.64 Å². The van der Waals surface area contributed by atoms with Gasteiger partial charge in [-0.3, -0.25) is 0 Å². The summed E-state index contributed by atoms with van der Waals surface area (Å²) in [7, 11) is 1.74. The summed E-state index contributed by atoms with van der Waals surface area (Å²) in [5.41, 5.74) is 2.47. The molecule has 2 aromatic carbocycles. The Morgan fingerprint density at radius 3 is 2.42 bits per heavy atom. The fraction of sp³-hybridized carbons (Fsp3) is 0.458. The van der Waals surface area contributed by atoms with Gasteiger partial charge in [0.2, 0.25) is 5.82 Å². The van der Waals surface area contributed by atoms with Gasteiger partial charge in [-0.25, -0.2) is 4.68 Å². The highest BCUT2D eigenvalue weighted by atomic mass is 16.5. The first-order valence-corrected chi connectivity index (χ1v) is 11.4. The molecule has 31 heavy (non-hydrogen) atoms. The molecule has 2 fully saturated rings. The van der Waals surface area contributed by atoms with Gasteiger partial charge in [0.15, 0.2) is 6.04 Å². The van der Waals surface area contributed by atoms with Gasteiger partial charge in [-0.2, -0.15) is 0 Å². The number of tetrazole rings is 1. The summed E-state index contributed by atoms with van der Waals surface area (Å²) >= 11 is 0. The van der Waals surface area contributed by atoms with Crippen LogP contribution >= 0.6 is 0 Å². The molecule has 0 radical (unpaired) electrons. The molecule has 1 aliphatic heterocycles. The van der Waals surface area contributed by atoms with Crippen LogP contribution in [0.4, 0.5) is 5.69 Å². The quantitative estimate of drug-likeness (QED) is 0.664. The van der Waals surface area contributed by atoms with Crippen LogP contribution in [0.3, 0.4) is 0 Å². The fourth-order valence-electron chi connectivity index (χ4n) is 5.23. The van der Waals surface area contributed by atoms with Gasteiger partial charge in [0.1, 0.15) is 5.75 Å². The van der Waals surface area contributed by atoms with Crippen molar-refractivity contribution in [2.24, 2.45) is 0 Å². The summed E-state index contributed by atoms with van der Waals surface area (Å²) in [6, 6.07) is 19.6. The third-order valence-corrected chi connectivity index (χ3v) is 6.82. The second-order valence-corrected chi connectivity index (χ2v) is 8.58. The maximum Gasteiger partial charge on any atom is 0.214 e. The predicted octanol–water partition coefficient (Wildman–Crippen LogP) is 2.29. The van der Waals surface area contributed by atoms with Crippen LogP contribution in [0.25, 0.3) is 0 Å². The molecule has 1 aromatic heterocycles. The number of aromatic nitrogens is 4. The largest absolute Gasteiger partial charge is 0.495 e. The maximum atomic E-state index is 5.60. The van der Waals surface area contributed by atoms with E-state index in [-0.39, 0.29) is 6.04 Å². The average Bonchev–Trinajstić information content (AvgIpc) is 3.53. The minimum Gasteiger partial charge on any atom is -0.495 e. The van der Waals surface area contributed by atoms with Crippen molar-refractivity contribution in [1.29, 1.82) is 0 Å². The first kappa shape index (κ1) is 20.0. The summed E-state index contributed by atoms with van der Waals surface area (Å²) in [4.78, 5) is 3.95. The van der Waals surface area contributed by atoms with Crippen LogP contribution in [0.1, 0.15) is 49.2 Å². The van der Waals surface area contributed by atoms with E-state index in [0.717, 1.165) is 37.8 Å². The van der Waals surface area contributed by atoms with Gasteiger partial charge in [-0.05, 0) is 35.4 Å². The van der Waals surface area contributed by atoms with E-state index in [1.54, 1.807) is 7.11 Å². The first-order chi connectivity index (χ1) is 15.3. The molecule has 2 aliphatic rings. The van der Waals surface area contributed by atoms with E-state index in [2.05, 4.69) is 67.6 Å². The molecule has 0 amide bonds. The van der Waals surface area contributed by atoms with Gasteiger partial charge < -0.3 is 14.5 Å². The fourth-order valence-corrected chi connectivity index (χ4v) is 5.23. The molecule has 1 saturated heterocycles. The standard InChI is InChI=1S/C24H30N6O/c1-31-22-14-8-7-13-21(22)28-15-17-29(18-16-28)23(19-9-3-2-4-10-19)24-25-26-27-30(24)20-11-5-6-12-20/h2-4,7-10,13-14,20,23H,5-6,11-12,15-18H2,1H3/p+1/t23-/m0/s1. The summed E-state index contributed by atoms with van der Waals surface area (Å²) < 4.78 is 7.72. The molecular formula is C24H31N6O+. The van der Waals surface area contributed by atoms with Crippen LogP contribution in [0.15, 0.2) is 54.6 Å². The molecule has 0 bridgehead atoms. The molecule has 2 heterocycles. The highest BCUT2D eigenvalue weighted by molar-refractivity contribution is 5.58. The van der Waals surface area contributed by atoms with E-state index in [1.807, 2.05) is 12.1 Å². The summed E-state index contributed by atoms with van der Waals surface area (Å²) in [5.74, 6) is 1.95. The summed E-state index contributed by atoms with van der Waals surface area (Å²) in [6.07, 6.45) is 4.89. The molecule has 5 rings (SSSR count). The summed E-state index contributed by atoms with van der Waals surface area (Å²) in [5, 5.41) is 13.1. The number of para-hydroxylation sites is 2. The minimum absolute atomic E-state index is 0.150. The lowest BCUT2D eigenvalue weighted by Gasteiger charge is -2.37. The lowest BCUT2D eigenvalue weighted by atomic mass is 10.0. The number of rotatable bonds is 6. The SMILES string of the molecule is COc1ccccc1N1CC[NH+]([C@@H](c2ccccc2)c2nnnn2C2CCCC2)CC1. The van der Waals surface area contributed by atoms with E-state index < -0.39 is 0 Å². The van der Waals surface area contributed by atoms with Crippen molar-refractivity contribution in [3.63, 3.8) is 0 Å². The van der Waals surface area contributed by atoms with Gasteiger partial charge in [0.25, 0.3) is 0 Å². The average molecular weight is 420 g/mol. The van der Waals surface area contributed by atoms with Crippen LogP contribution in [-0.4, -0.2) is 53.5 Å². The molecule has 3 aromatic rings. The molecular weight excluding hydrogens is 388 g/mol. The topological polar surface area (TPSA) is 60.5 Å². The third-order valence-electron chi connectivity index (χ3n) is 6.82. The van der Waals surface area contributed by atoms with Crippen LogP contribution in [0, 0.1) is 0 Å². The van der Waals surface area contributed by atoms with Crippen molar-refractivity contribution in [3.05, 3.63) is 66.0 Å². The number of hydrogen-bond donors (Lipinski definition) is 1. The van der Waals surface area contributed by atoms with E-state index >= 15 is 0 Å². The van der Waals surface area contributed by atoms with Crippen molar-refractivity contribution in [2.45, 2.75) is 37.8 Å². The second-order valence-electron chi connectivity index (χ2n) is 8.58. The van der Waals surface area contributed by atoms with E-state index in [1.165, 1.54) is 41.8 Å². The number of quaternary nitrogens is 1. The Labute approximate surface area is 183 Å². The summed E-state index contributed by atoms with van der Waals surface area (Å²) in [6.45, 7) is 4.00. The Bertz CT molecular complexity index is 976. The highest BCUT2D eigenvalue weighted by Crippen LogP contribution is 2.31. The third kappa shape index (κ3) is 4.02. The highest BCUT2D eigenvalue weighted by Gasteiger charge is 2.36. The number of nitrogens with zero attached hydrogens (tertiary/aromatic N) is 5. The minimum atomic E-state index is 0.150. The smallest absolute Gasteiger partial charge is 0.214 e. The Kier molecular flexibility index (Phi) is 5.84. The molecule has 1 aliphatic carbocycles. The van der Waals surface area contributed by atoms with Crippen LogP contribution < -0.4 is 14.5 Å². The Hall–Kier alpha value is -2.93. The number of methoxy groups -OCH3 is 1. The molecule has 7 nitrogen and oxygen atoms in total. The predicted molar refractivity (Wildman–Crippen MR) is 120 cm³/mol. The van der Waals surface area contributed by atoms with E-state index in [9.17, 15) is 0 Å². The van der Waals surface area contributed by atoms with Crippen molar-refractivity contribution in [1.82, 2.24) is 20.2 Å². The Balaban J connectivity index is 1.41. The molecule has 7 heteroatoms. The second kappa shape index (κ2) is 9.06. The van der Waals surface area contributed by atoms with Gasteiger partial charge in [-0.1, -0.05) is 55.3 Å².